The second kappa shape index (κ2) is 3.11. The van der Waals surface area contributed by atoms with E-state index in [1.807, 2.05) is 12.1 Å². The molecule has 0 aliphatic heterocycles. The summed E-state index contributed by atoms with van der Waals surface area (Å²) in [6, 6.07) is 3.74. The smallest absolute Gasteiger partial charge is 0.122 e. The third kappa shape index (κ3) is 1.30. The molecule has 0 atom stereocenters. The van der Waals surface area contributed by atoms with Crippen molar-refractivity contribution < 1.29 is 0 Å². The van der Waals surface area contributed by atoms with E-state index in [1.165, 1.54) is 0 Å². The molecule has 0 aliphatic carbocycles. The molecule has 0 unspecified atom stereocenters. The van der Waals surface area contributed by atoms with Crippen LogP contribution in [0.2, 0.25) is 0 Å². The van der Waals surface area contributed by atoms with Crippen LogP contribution >= 0.6 is 0 Å². The number of aromatic nitrogens is 3. The zero-order valence-corrected chi connectivity index (χ0v) is 6.86. The first-order chi connectivity index (χ1) is 6.42. The minimum atomic E-state index is 0.620. The predicted molar refractivity (Wildman–Crippen MR) is 49.8 cm³/mol. The van der Waals surface area contributed by atoms with E-state index < -0.39 is 0 Å². The summed E-state index contributed by atoms with van der Waals surface area (Å²) in [5.74, 6) is 2.52. The number of nitrogens with zero attached hydrogens (tertiary/aromatic N) is 2. The third-order valence-electron chi connectivity index (χ3n) is 1.72. The molecule has 13 heavy (non-hydrogen) atoms. The summed E-state index contributed by atoms with van der Waals surface area (Å²) in [6.07, 6.45) is 10.4. The molecule has 0 aromatic carbocycles. The highest BCUT2D eigenvalue weighted by Gasteiger charge is 2.04. The second-order valence-electron chi connectivity index (χ2n) is 2.50. The molecule has 1 N–H and O–H groups in total. The van der Waals surface area contributed by atoms with E-state index in [-0.39, 0.29) is 0 Å². The number of rotatable bonds is 1. The molecule has 0 bridgehead atoms. The molecule has 0 radical (unpaired) electrons. The van der Waals surface area contributed by atoms with Gasteiger partial charge in [-0.15, -0.1) is 6.42 Å². The topological polar surface area (TPSA) is 41.6 Å². The lowest BCUT2D eigenvalue weighted by Crippen LogP contribution is -1.87. The van der Waals surface area contributed by atoms with Gasteiger partial charge in [0, 0.05) is 18.0 Å². The fraction of sp³-hybridized carbons (Fsp3) is 0. The molecule has 0 spiro atoms. The van der Waals surface area contributed by atoms with E-state index >= 15 is 0 Å². The molecular formula is C10H7N3. The quantitative estimate of drug-likeness (QED) is 0.656. The Hall–Kier alpha value is -2.08. The van der Waals surface area contributed by atoms with Gasteiger partial charge in [0.05, 0.1) is 12.0 Å². The second-order valence-corrected chi connectivity index (χ2v) is 2.50. The van der Waals surface area contributed by atoms with E-state index in [4.69, 9.17) is 6.42 Å². The number of pyridine rings is 1. The van der Waals surface area contributed by atoms with Crippen molar-refractivity contribution in [3.05, 3.63) is 36.5 Å². The first-order valence-corrected chi connectivity index (χ1v) is 3.82. The maximum Gasteiger partial charge on any atom is 0.122 e. The highest BCUT2D eigenvalue weighted by atomic mass is 14.9. The van der Waals surface area contributed by atoms with Crippen LogP contribution in [-0.2, 0) is 0 Å². The van der Waals surface area contributed by atoms with Crippen LogP contribution in [-0.4, -0.2) is 15.0 Å². The van der Waals surface area contributed by atoms with Crippen molar-refractivity contribution in [3.8, 4) is 23.6 Å². The molecule has 0 saturated heterocycles. The zero-order valence-electron chi connectivity index (χ0n) is 6.86. The standard InChI is InChI=1S/C10H7N3/c1-2-9-8(4-3-5-12-9)10-6-11-7-13-10/h1,3-7H,(H,11,13). The minimum Gasteiger partial charge on any atom is -0.351 e. The van der Waals surface area contributed by atoms with Gasteiger partial charge in [0.1, 0.15) is 5.69 Å². The SMILES string of the molecule is C#Cc1ncccc1-c1c[nH]cn1. The van der Waals surface area contributed by atoms with Gasteiger partial charge in [-0.2, -0.15) is 0 Å². The summed E-state index contributed by atoms with van der Waals surface area (Å²) < 4.78 is 0. The number of hydrogen-bond donors (Lipinski definition) is 1. The van der Waals surface area contributed by atoms with Crippen molar-refractivity contribution in [3.63, 3.8) is 0 Å². The molecule has 2 aromatic heterocycles. The van der Waals surface area contributed by atoms with Gasteiger partial charge in [-0.25, -0.2) is 9.97 Å². The maximum absolute atomic E-state index is 5.31. The molecule has 62 valence electrons. The molecule has 0 aliphatic rings. The van der Waals surface area contributed by atoms with Crippen LogP contribution < -0.4 is 0 Å². The lowest BCUT2D eigenvalue weighted by Gasteiger charge is -1.97. The first-order valence-electron chi connectivity index (χ1n) is 3.82. The molecule has 0 amide bonds. The van der Waals surface area contributed by atoms with Crippen molar-refractivity contribution in [2.75, 3.05) is 0 Å². The minimum absolute atomic E-state index is 0.620. The van der Waals surface area contributed by atoms with Gasteiger partial charge in [0.15, 0.2) is 0 Å². The van der Waals surface area contributed by atoms with Crippen LogP contribution in [0.4, 0.5) is 0 Å². The van der Waals surface area contributed by atoms with E-state index in [0.29, 0.717) is 5.69 Å². The summed E-state index contributed by atoms with van der Waals surface area (Å²) in [5.41, 5.74) is 2.32. The Labute approximate surface area is 75.9 Å². The largest absolute Gasteiger partial charge is 0.351 e. The number of H-pyrrole nitrogens is 1. The fourth-order valence-corrected chi connectivity index (χ4v) is 1.13. The van der Waals surface area contributed by atoms with E-state index in [9.17, 15) is 0 Å². The van der Waals surface area contributed by atoms with Crippen LogP contribution in [0.1, 0.15) is 5.69 Å². The zero-order chi connectivity index (χ0) is 9.10. The van der Waals surface area contributed by atoms with Gasteiger partial charge in [0.25, 0.3) is 0 Å². The summed E-state index contributed by atoms with van der Waals surface area (Å²) in [6.45, 7) is 0. The number of terminal acetylenes is 1. The average molecular weight is 169 g/mol. The van der Waals surface area contributed by atoms with Crippen molar-refractivity contribution in [1.82, 2.24) is 15.0 Å². The van der Waals surface area contributed by atoms with Gasteiger partial charge in [0.2, 0.25) is 0 Å². The van der Waals surface area contributed by atoms with Crippen molar-refractivity contribution in [2.24, 2.45) is 0 Å². The van der Waals surface area contributed by atoms with Gasteiger partial charge < -0.3 is 4.98 Å². The Morgan fingerprint density at radius 2 is 2.31 bits per heavy atom. The molecule has 2 heterocycles. The van der Waals surface area contributed by atoms with Crippen LogP contribution in [0.15, 0.2) is 30.9 Å². The summed E-state index contributed by atoms with van der Waals surface area (Å²) in [7, 11) is 0. The van der Waals surface area contributed by atoms with Gasteiger partial charge in [-0.1, -0.05) is 0 Å². The molecular weight excluding hydrogens is 162 g/mol. The molecule has 0 saturated carbocycles. The number of imidazole rings is 1. The Kier molecular flexibility index (Phi) is 1.81. The van der Waals surface area contributed by atoms with Gasteiger partial charge in [-0.3, -0.25) is 0 Å². The highest BCUT2D eigenvalue weighted by Crippen LogP contribution is 2.17. The van der Waals surface area contributed by atoms with Crippen molar-refractivity contribution in [2.45, 2.75) is 0 Å². The maximum atomic E-state index is 5.31. The van der Waals surface area contributed by atoms with Crippen LogP contribution in [0, 0.1) is 12.3 Å². The predicted octanol–water partition coefficient (Wildman–Crippen LogP) is 1.45. The van der Waals surface area contributed by atoms with Gasteiger partial charge >= 0.3 is 0 Å². The van der Waals surface area contributed by atoms with Crippen molar-refractivity contribution >= 4 is 0 Å². The number of aromatic amines is 1. The Morgan fingerprint density at radius 1 is 1.38 bits per heavy atom. The normalized spacial score (nSPS) is 9.46. The summed E-state index contributed by atoms with van der Waals surface area (Å²) in [4.78, 5) is 11.0. The van der Waals surface area contributed by atoms with Crippen LogP contribution in [0.25, 0.3) is 11.3 Å². The van der Waals surface area contributed by atoms with Gasteiger partial charge in [-0.05, 0) is 18.1 Å². The monoisotopic (exact) mass is 169 g/mol. The van der Waals surface area contributed by atoms with Crippen LogP contribution in [0.5, 0.6) is 0 Å². The lowest BCUT2D eigenvalue weighted by molar-refractivity contribution is 1.27. The van der Waals surface area contributed by atoms with E-state index in [0.717, 1.165) is 11.3 Å². The highest BCUT2D eigenvalue weighted by molar-refractivity contribution is 5.64. The van der Waals surface area contributed by atoms with E-state index in [1.54, 1.807) is 18.7 Å². The van der Waals surface area contributed by atoms with Crippen molar-refractivity contribution in [1.29, 1.82) is 0 Å². The Bertz CT molecular complexity index is 437. The molecule has 3 heteroatoms. The molecule has 3 nitrogen and oxygen atoms in total. The lowest BCUT2D eigenvalue weighted by atomic mass is 10.1. The Balaban J connectivity index is 2.59. The van der Waals surface area contributed by atoms with Crippen LogP contribution in [0.3, 0.4) is 0 Å². The first kappa shape index (κ1) is 7.56. The number of nitrogens with one attached hydrogen (secondary N) is 1. The molecule has 2 rings (SSSR count). The average Bonchev–Trinajstić information content (AvgIpc) is 2.70. The fourth-order valence-electron chi connectivity index (χ4n) is 1.13. The molecule has 0 fully saturated rings. The number of hydrogen-bond acceptors (Lipinski definition) is 2. The Morgan fingerprint density at radius 3 is 3.00 bits per heavy atom. The van der Waals surface area contributed by atoms with E-state index in [2.05, 4.69) is 20.9 Å². The molecule has 2 aromatic rings. The third-order valence-corrected chi connectivity index (χ3v) is 1.72. The summed E-state index contributed by atoms with van der Waals surface area (Å²) >= 11 is 0. The summed E-state index contributed by atoms with van der Waals surface area (Å²) in [5, 5.41) is 0.